The molecule has 0 atom stereocenters. The highest BCUT2D eigenvalue weighted by molar-refractivity contribution is 7.12. The number of hydrogen-bond donors (Lipinski definition) is 1. The second kappa shape index (κ2) is 5.79. The average Bonchev–Trinajstić information content (AvgIpc) is 2.82. The van der Waals surface area contributed by atoms with Crippen LogP contribution in [0.25, 0.3) is 0 Å². The van der Waals surface area contributed by atoms with Crippen molar-refractivity contribution in [3.05, 3.63) is 46.2 Å². The molecule has 0 saturated carbocycles. The fourth-order valence-corrected chi connectivity index (χ4v) is 2.23. The molecule has 0 fully saturated rings. The molecule has 0 radical (unpaired) electrons. The Morgan fingerprint density at radius 3 is 2.89 bits per heavy atom. The van der Waals surface area contributed by atoms with Crippen molar-refractivity contribution in [2.24, 2.45) is 0 Å². The lowest BCUT2D eigenvalue weighted by Crippen LogP contribution is -2.13. The topological polar surface area (TPSA) is 38.3 Å². The Hall–Kier alpha value is -1.95. The molecule has 1 amide bonds. The Morgan fingerprint density at radius 1 is 1.37 bits per heavy atom. The molecular weight excluding hydrogens is 272 g/mol. The lowest BCUT2D eigenvalue weighted by atomic mass is 10.3. The van der Waals surface area contributed by atoms with E-state index in [-0.39, 0.29) is 5.69 Å². The van der Waals surface area contributed by atoms with Crippen LogP contribution in [0.3, 0.4) is 0 Å². The summed E-state index contributed by atoms with van der Waals surface area (Å²) >= 11 is 1.17. The van der Waals surface area contributed by atoms with Crippen LogP contribution >= 0.6 is 11.3 Å². The summed E-state index contributed by atoms with van der Waals surface area (Å²) in [5, 5.41) is 4.02. The number of halogens is 2. The molecule has 0 aliphatic carbocycles. The van der Waals surface area contributed by atoms with Gasteiger partial charge in [-0.1, -0.05) is 0 Å². The summed E-state index contributed by atoms with van der Waals surface area (Å²) in [7, 11) is 0. The smallest absolute Gasteiger partial charge is 0.269 e. The van der Waals surface area contributed by atoms with Gasteiger partial charge in [0, 0.05) is 6.07 Å². The number of amides is 1. The molecule has 6 heteroatoms. The number of thiophene rings is 1. The SMILES string of the molecule is CCOc1ccsc1C(=O)Nc1cc(F)ccc1F. The summed E-state index contributed by atoms with van der Waals surface area (Å²) in [6, 6.07) is 4.54. The average molecular weight is 283 g/mol. The van der Waals surface area contributed by atoms with Crippen molar-refractivity contribution < 1.29 is 18.3 Å². The molecule has 0 spiro atoms. The van der Waals surface area contributed by atoms with Crippen molar-refractivity contribution >= 4 is 22.9 Å². The first-order valence-electron chi connectivity index (χ1n) is 5.58. The van der Waals surface area contributed by atoms with Gasteiger partial charge in [0.15, 0.2) is 0 Å². The molecule has 3 nitrogen and oxygen atoms in total. The summed E-state index contributed by atoms with van der Waals surface area (Å²) in [4.78, 5) is 12.3. The van der Waals surface area contributed by atoms with E-state index in [1.807, 2.05) is 0 Å². The molecule has 0 aliphatic heterocycles. The molecular formula is C13H11F2NO2S. The predicted octanol–water partition coefficient (Wildman–Crippen LogP) is 3.68. The van der Waals surface area contributed by atoms with E-state index < -0.39 is 17.5 Å². The van der Waals surface area contributed by atoms with Crippen LogP contribution in [0.1, 0.15) is 16.6 Å². The highest BCUT2D eigenvalue weighted by Gasteiger charge is 2.16. The second-order valence-corrected chi connectivity index (χ2v) is 4.54. The molecule has 0 saturated heterocycles. The maximum atomic E-state index is 13.4. The van der Waals surface area contributed by atoms with Gasteiger partial charge >= 0.3 is 0 Å². The van der Waals surface area contributed by atoms with Gasteiger partial charge in [0.05, 0.1) is 12.3 Å². The Morgan fingerprint density at radius 2 is 2.16 bits per heavy atom. The lowest BCUT2D eigenvalue weighted by Gasteiger charge is -2.07. The summed E-state index contributed by atoms with van der Waals surface area (Å²) in [5.41, 5.74) is -0.194. The van der Waals surface area contributed by atoms with Crippen LogP contribution in [0.2, 0.25) is 0 Å². The molecule has 100 valence electrons. The number of anilines is 1. The van der Waals surface area contributed by atoms with Gasteiger partial charge in [-0.2, -0.15) is 0 Å². The van der Waals surface area contributed by atoms with Gasteiger partial charge in [0.25, 0.3) is 5.91 Å². The summed E-state index contributed by atoms with van der Waals surface area (Å²) in [5.74, 6) is -1.40. The van der Waals surface area contributed by atoms with Crippen molar-refractivity contribution in [1.29, 1.82) is 0 Å². The van der Waals surface area contributed by atoms with E-state index in [9.17, 15) is 13.6 Å². The number of nitrogens with one attached hydrogen (secondary N) is 1. The van der Waals surface area contributed by atoms with Crippen molar-refractivity contribution in [2.45, 2.75) is 6.92 Å². The third kappa shape index (κ3) is 3.08. The number of carbonyl (C=O) groups excluding carboxylic acids is 1. The van der Waals surface area contributed by atoms with E-state index in [2.05, 4.69) is 5.32 Å². The van der Waals surface area contributed by atoms with Crippen molar-refractivity contribution in [1.82, 2.24) is 0 Å². The first-order chi connectivity index (χ1) is 9.11. The minimum absolute atomic E-state index is 0.194. The molecule has 0 bridgehead atoms. The highest BCUT2D eigenvalue weighted by atomic mass is 32.1. The van der Waals surface area contributed by atoms with Gasteiger partial charge in [-0.3, -0.25) is 4.79 Å². The largest absolute Gasteiger partial charge is 0.492 e. The van der Waals surface area contributed by atoms with Crippen LogP contribution in [-0.4, -0.2) is 12.5 Å². The molecule has 2 aromatic rings. The molecule has 19 heavy (non-hydrogen) atoms. The van der Waals surface area contributed by atoms with Crippen molar-refractivity contribution in [3.8, 4) is 5.75 Å². The number of hydrogen-bond acceptors (Lipinski definition) is 3. The van der Waals surface area contributed by atoms with Crippen LogP contribution in [0.15, 0.2) is 29.6 Å². The highest BCUT2D eigenvalue weighted by Crippen LogP contribution is 2.26. The monoisotopic (exact) mass is 283 g/mol. The molecule has 1 aromatic carbocycles. The summed E-state index contributed by atoms with van der Waals surface area (Å²) in [6.07, 6.45) is 0. The summed E-state index contributed by atoms with van der Waals surface area (Å²) < 4.78 is 31.7. The zero-order chi connectivity index (χ0) is 13.8. The van der Waals surface area contributed by atoms with E-state index in [4.69, 9.17) is 4.74 Å². The van der Waals surface area contributed by atoms with Crippen LogP contribution in [0.4, 0.5) is 14.5 Å². The molecule has 1 heterocycles. The molecule has 1 N–H and O–H groups in total. The third-order valence-electron chi connectivity index (χ3n) is 2.31. The Labute approximate surface area is 112 Å². The Kier molecular flexibility index (Phi) is 4.11. The maximum absolute atomic E-state index is 13.4. The van der Waals surface area contributed by atoms with E-state index >= 15 is 0 Å². The van der Waals surface area contributed by atoms with Gasteiger partial charge in [-0.05, 0) is 30.5 Å². The van der Waals surface area contributed by atoms with Gasteiger partial charge in [0.1, 0.15) is 22.3 Å². The van der Waals surface area contributed by atoms with E-state index in [1.165, 1.54) is 11.3 Å². The van der Waals surface area contributed by atoms with Crippen LogP contribution in [-0.2, 0) is 0 Å². The quantitative estimate of drug-likeness (QED) is 0.929. The first-order valence-corrected chi connectivity index (χ1v) is 6.46. The number of benzene rings is 1. The normalized spacial score (nSPS) is 10.3. The van der Waals surface area contributed by atoms with E-state index in [0.717, 1.165) is 18.2 Å². The molecule has 0 aliphatic rings. The first kappa shape index (κ1) is 13.5. The van der Waals surface area contributed by atoms with Gasteiger partial charge in [-0.15, -0.1) is 11.3 Å². The second-order valence-electron chi connectivity index (χ2n) is 3.63. The zero-order valence-corrected chi connectivity index (χ0v) is 10.9. The molecule has 1 aromatic heterocycles. The molecule has 0 unspecified atom stereocenters. The maximum Gasteiger partial charge on any atom is 0.269 e. The summed E-state index contributed by atoms with van der Waals surface area (Å²) in [6.45, 7) is 2.22. The number of rotatable bonds is 4. The number of ether oxygens (including phenoxy) is 1. The Bertz CT molecular complexity index is 598. The fourth-order valence-electron chi connectivity index (χ4n) is 1.50. The van der Waals surface area contributed by atoms with Gasteiger partial charge in [-0.25, -0.2) is 8.78 Å². The van der Waals surface area contributed by atoms with E-state index in [0.29, 0.717) is 17.2 Å². The van der Waals surface area contributed by atoms with Gasteiger partial charge in [0.2, 0.25) is 0 Å². The van der Waals surface area contributed by atoms with Crippen LogP contribution in [0, 0.1) is 11.6 Å². The molecule has 2 rings (SSSR count). The van der Waals surface area contributed by atoms with Crippen LogP contribution < -0.4 is 10.1 Å². The third-order valence-corrected chi connectivity index (χ3v) is 3.21. The fraction of sp³-hybridized carbons (Fsp3) is 0.154. The minimum atomic E-state index is -0.690. The van der Waals surface area contributed by atoms with Crippen molar-refractivity contribution in [2.75, 3.05) is 11.9 Å². The van der Waals surface area contributed by atoms with Crippen LogP contribution in [0.5, 0.6) is 5.75 Å². The van der Waals surface area contributed by atoms with Gasteiger partial charge < -0.3 is 10.1 Å². The number of carbonyl (C=O) groups is 1. The Balaban J connectivity index is 2.21. The minimum Gasteiger partial charge on any atom is -0.492 e. The van der Waals surface area contributed by atoms with E-state index in [1.54, 1.807) is 18.4 Å². The van der Waals surface area contributed by atoms with Crippen molar-refractivity contribution in [3.63, 3.8) is 0 Å². The standard InChI is InChI=1S/C13H11F2NO2S/c1-2-18-11-5-6-19-12(11)13(17)16-10-7-8(14)3-4-9(10)15/h3-7H,2H2,1H3,(H,16,17). The zero-order valence-electron chi connectivity index (χ0n) is 10.1. The lowest BCUT2D eigenvalue weighted by molar-refractivity contribution is 0.102. The predicted molar refractivity (Wildman–Crippen MR) is 69.8 cm³/mol.